The van der Waals surface area contributed by atoms with Crippen LogP contribution in [0.4, 0.5) is 4.79 Å². The van der Waals surface area contributed by atoms with E-state index in [4.69, 9.17) is 15.2 Å². The lowest BCUT2D eigenvalue weighted by molar-refractivity contribution is -0.119. The summed E-state index contributed by atoms with van der Waals surface area (Å²) in [4.78, 5) is 24.2. The summed E-state index contributed by atoms with van der Waals surface area (Å²) in [5.74, 6) is -0.375. The third kappa shape index (κ3) is 6.42. The number of hydrogen-bond donors (Lipinski definition) is 1. The van der Waals surface area contributed by atoms with Crippen LogP contribution in [0, 0.1) is 0 Å². The first-order valence-corrected chi connectivity index (χ1v) is 6.66. The lowest BCUT2D eigenvalue weighted by atomic mass is 10.1. The first-order chi connectivity index (χ1) is 8.78. The van der Waals surface area contributed by atoms with Crippen molar-refractivity contribution in [3.05, 3.63) is 0 Å². The molecule has 1 heterocycles. The van der Waals surface area contributed by atoms with Crippen molar-refractivity contribution in [1.29, 1.82) is 0 Å². The molecule has 19 heavy (non-hydrogen) atoms. The van der Waals surface area contributed by atoms with Gasteiger partial charge in [0.15, 0.2) is 0 Å². The Kier molecular flexibility index (Phi) is 5.60. The molecule has 1 aliphatic rings. The highest BCUT2D eigenvalue weighted by molar-refractivity contribution is 5.73. The van der Waals surface area contributed by atoms with E-state index in [1.807, 2.05) is 20.8 Å². The molecule has 0 spiro atoms. The number of piperidine rings is 1. The van der Waals surface area contributed by atoms with Gasteiger partial charge in [0.05, 0.1) is 19.3 Å². The van der Waals surface area contributed by atoms with Crippen molar-refractivity contribution < 1.29 is 19.1 Å². The summed E-state index contributed by atoms with van der Waals surface area (Å²) in [6, 6.07) is 0. The molecule has 1 aliphatic heterocycles. The van der Waals surface area contributed by atoms with Gasteiger partial charge in [0.25, 0.3) is 0 Å². The van der Waals surface area contributed by atoms with Crippen LogP contribution in [-0.4, -0.2) is 48.3 Å². The molecule has 0 aromatic carbocycles. The van der Waals surface area contributed by atoms with E-state index in [9.17, 15) is 9.59 Å². The van der Waals surface area contributed by atoms with Crippen LogP contribution >= 0.6 is 0 Å². The molecule has 110 valence electrons. The first-order valence-electron chi connectivity index (χ1n) is 6.66. The molecule has 1 fully saturated rings. The third-order valence-electron chi connectivity index (χ3n) is 2.73. The van der Waals surface area contributed by atoms with E-state index in [0.717, 1.165) is 12.8 Å². The summed E-state index contributed by atoms with van der Waals surface area (Å²) in [5.41, 5.74) is 4.56. The van der Waals surface area contributed by atoms with Gasteiger partial charge in [-0.25, -0.2) is 4.79 Å². The molecular formula is C13H24N2O4. The smallest absolute Gasteiger partial charge is 0.410 e. The second-order valence-corrected chi connectivity index (χ2v) is 5.78. The number of rotatable bonds is 4. The Morgan fingerprint density at radius 2 is 2.05 bits per heavy atom. The van der Waals surface area contributed by atoms with Gasteiger partial charge in [0.1, 0.15) is 5.60 Å². The van der Waals surface area contributed by atoms with Gasteiger partial charge in [-0.1, -0.05) is 0 Å². The minimum absolute atomic E-state index is 0.0411. The van der Waals surface area contributed by atoms with Crippen LogP contribution in [0.3, 0.4) is 0 Å². The van der Waals surface area contributed by atoms with Crippen molar-refractivity contribution in [2.75, 3.05) is 19.7 Å². The summed E-state index contributed by atoms with van der Waals surface area (Å²) in [7, 11) is 0. The fraction of sp³-hybridized carbons (Fsp3) is 0.846. The van der Waals surface area contributed by atoms with E-state index in [0.29, 0.717) is 19.7 Å². The Labute approximate surface area is 114 Å². The SMILES string of the molecule is CC(C)(C)OC(=O)N1CCCC(OCCC(N)=O)C1. The molecule has 6 heteroatoms. The number of nitrogens with two attached hydrogens (primary N) is 1. The zero-order valence-corrected chi connectivity index (χ0v) is 12.0. The molecule has 1 atom stereocenters. The monoisotopic (exact) mass is 272 g/mol. The summed E-state index contributed by atoms with van der Waals surface area (Å²) in [6.07, 6.45) is 1.62. The maximum absolute atomic E-state index is 11.9. The summed E-state index contributed by atoms with van der Waals surface area (Å²) < 4.78 is 10.9. The van der Waals surface area contributed by atoms with Crippen molar-refractivity contribution in [3.8, 4) is 0 Å². The summed E-state index contributed by atoms with van der Waals surface area (Å²) in [5, 5.41) is 0. The third-order valence-corrected chi connectivity index (χ3v) is 2.73. The number of primary amides is 1. The quantitative estimate of drug-likeness (QED) is 0.835. The predicted molar refractivity (Wildman–Crippen MR) is 70.6 cm³/mol. The molecule has 2 N–H and O–H groups in total. The number of likely N-dealkylation sites (tertiary alicyclic amines) is 1. The molecule has 0 aliphatic carbocycles. The lowest BCUT2D eigenvalue weighted by Crippen LogP contribution is -2.45. The van der Waals surface area contributed by atoms with E-state index < -0.39 is 5.60 Å². The van der Waals surface area contributed by atoms with Gasteiger partial charge in [0, 0.05) is 13.0 Å². The highest BCUT2D eigenvalue weighted by Gasteiger charge is 2.27. The lowest BCUT2D eigenvalue weighted by Gasteiger charge is -2.34. The standard InChI is InChI=1S/C13H24N2O4/c1-13(2,3)19-12(17)15-7-4-5-10(9-15)18-8-6-11(14)16/h10H,4-9H2,1-3H3,(H2,14,16). The van der Waals surface area contributed by atoms with Gasteiger partial charge in [-0.15, -0.1) is 0 Å². The molecule has 0 aromatic heterocycles. The fourth-order valence-electron chi connectivity index (χ4n) is 1.89. The largest absolute Gasteiger partial charge is 0.444 e. The van der Waals surface area contributed by atoms with Gasteiger partial charge in [-0.05, 0) is 33.6 Å². The summed E-state index contributed by atoms with van der Waals surface area (Å²) >= 11 is 0. The van der Waals surface area contributed by atoms with Crippen LogP contribution in [0.5, 0.6) is 0 Å². The van der Waals surface area contributed by atoms with Crippen LogP contribution in [0.25, 0.3) is 0 Å². The van der Waals surface area contributed by atoms with Crippen molar-refractivity contribution in [2.24, 2.45) is 5.73 Å². The van der Waals surface area contributed by atoms with Gasteiger partial charge < -0.3 is 20.1 Å². The van der Waals surface area contributed by atoms with Crippen LogP contribution in [0.15, 0.2) is 0 Å². The average molecular weight is 272 g/mol. The topological polar surface area (TPSA) is 81.9 Å². The molecule has 6 nitrogen and oxygen atoms in total. The Hall–Kier alpha value is -1.30. The number of carbonyl (C=O) groups is 2. The zero-order chi connectivity index (χ0) is 14.5. The maximum Gasteiger partial charge on any atom is 0.410 e. The van der Waals surface area contributed by atoms with Gasteiger partial charge >= 0.3 is 6.09 Å². The molecule has 1 unspecified atom stereocenters. The zero-order valence-electron chi connectivity index (χ0n) is 12.0. The second kappa shape index (κ2) is 6.75. The van der Waals surface area contributed by atoms with Crippen LogP contribution in [0.2, 0.25) is 0 Å². The molecule has 0 bridgehead atoms. The van der Waals surface area contributed by atoms with Gasteiger partial charge in [-0.2, -0.15) is 0 Å². The van der Waals surface area contributed by atoms with E-state index in [-0.39, 0.29) is 24.5 Å². The minimum Gasteiger partial charge on any atom is -0.444 e. The molecule has 0 aromatic rings. The second-order valence-electron chi connectivity index (χ2n) is 5.78. The van der Waals surface area contributed by atoms with Crippen molar-refractivity contribution in [1.82, 2.24) is 4.90 Å². The first kappa shape index (κ1) is 15.8. The Bertz CT molecular complexity index is 325. The number of nitrogens with zero attached hydrogens (tertiary/aromatic N) is 1. The highest BCUT2D eigenvalue weighted by atomic mass is 16.6. The van der Waals surface area contributed by atoms with Crippen LogP contribution < -0.4 is 5.73 Å². The molecule has 0 radical (unpaired) electrons. The molecule has 0 saturated carbocycles. The van der Waals surface area contributed by atoms with Crippen molar-refractivity contribution in [2.45, 2.75) is 51.7 Å². The highest BCUT2D eigenvalue weighted by Crippen LogP contribution is 2.17. The number of hydrogen-bond acceptors (Lipinski definition) is 4. The van der Waals surface area contributed by atoms with E-state index in [1.165, 1.54) is 0 Å². The molecular weight excluding hydrogens is 248 g/mol. The van der Waals surface area contributed by atoms with Crippen molar-refractivity contribution >= 4 is 12.0 Å². The number of ether oxygens (including phenoxy) is 2. The normalized spacial score (nSPS) is 20.2. The maximum atomic E-state index is 11.9. The predicted octanol–water partition coefficient (Wildman–Crippen LogP) is 1.28. The fourth-order valence-corrected chi connectivity index (χ4v) is 1.89. The van der Waals surface area contributed by atoms with E-state index in [1.54, 1.807) is 4.90 Å². The Morgan fingerprint density at radius 1 is 1.37 bits per heavy atom. The van der Waals surface area contributed by atoms with E-state index >= 15 is 0 Å². The number of carbonyl (C=O) groups excluding carboxylic acids is 2. The number of amides is 2. The van der Waals surface area contributed by atoms with Crippen molar-refractivity contribution in [3.63, 3.8) is 0 Å². The average Bonchev–Trinajstić information content (AvgIpc) is 2.26. The molecule has 2 amide bonds. The minimum atomic E-state index is -0.489. The summed E-state index contributed by atoms with van der Waals surface area (Å²) in [6.45, 7) is 7.03. The van der Waals surface area contributed by atoms with Crippen LogP contribution in [0.1, 0.15) is 40.0 Å². The van der Waals surface area contributed by atoms with E-state index in [2.05, 4.69) is 0 Å². The Morgan fingerprint density at radius 3 is 2.63 bits per heavy atom. The Balaban J connectivity index is 2.37. The van der Waals surface area contributed by atoms with Crippen LogP contribution in [-0.2, 0) is 14.3 Å². The van der Waals surface area contributed by atoms with Gasteiger partial charge in [-0.3, -0.25) is 4.79 Å². The van der Waals surface area contributed by atoms with Gasteiger partial charge in [0.2, 0.25) is 5.91 Å². The molecule has 1 saturated heterocycles. The molecule has 1 rings (SSSR count).